The fraction of sp³-hybridized carbons (Fsp3) is 0.423. The number of aliphatic hydroxyl groups is 3. The number of carbonyl (C=O) groups excluding carboxylic acids is 3. The Hall–Kier alpha value is -2.43. The second-order valence-electron chi connectivity index (χ2n) is 8.81. The molecule has 1 saturated heterocycles. The van der Waals surface area contributed by atoms with E-state index in [0.29, 0.717) is 38.5 Å². The number of para-hydroxylation sites is 2. The summed E-state index contributed by atoms with van der Waals surface area (Å²) in [7, 11) is 2.76. The molecule has 3 amide bonds. The van der Waals surface area contributed by atoms with Gasteiger partial charge in [0.05, 0.1) is 41.4 Å². The van der Waals surface area contributed by atoms with Gasteiger partial charge in [0.15, 0.2) is 0 Å². The highest BCUT2D eigenvalue weighted by atomic mass is 35.5. The number of hydrogen-bond donors (Lipinski definition) is 6. The van der Waals surface area contributed by atoms with Gasteiger partial charge in [0.25, 0.3) is 0 Å². The number of rotatable bonds is 13. The Morgan fingerprint density at radius 3 is 2.24 bits per heavy atom. The van der Waals surface area contributed by atoms with Crippen molar-refractivity contribution in [1.29, 1.82) is 0 Å². The highest BCUT2D eigenvalue weighted by Gasteiger charge is 2.39. The fourth-order valence-electron chi connectivity index (χ4n) is 3.73. The molecule has 42 heavy (non-hydrogen) atoms. The maximum atomic E-state index is 12.4. The number of halogens is 2. The zero-order valence-corrected chi connectivity index (χ0v) is 25.3. The maximum Gasteiger partial charge on any atom is 0.413 e. The molecule has 3 rings (SSSR count). The first-order valence-electron chi connectivity index (χ1n) is 12.7. The summed E-state index contributed by atoms with van der Waals surface area (Å²) in [5.41, 5.74) is 1.74. The Kier molecular flexibility index (Phi) is 14.3. The molecule has 16 heteroatoms. The van der Waals surface area contributed by atoms with Gasteiger partial charge in [-0.15, -0.1) is 0 Å². The van der Waals surface area contributed by atoms with E-state index in [1.165, 1.54) is 21.6 Å². The predicted molar refractivity (Wildman–Crippen MR) is 161 cm³/mol. The normalized spacial score (nSPS) is 19.9. The van der Waals surface area contributed by atoms with Crippen molar-refractivity contribution in [2.45, 2.75) is 30.8 Å². The van der Waals surface area contributed by atoms with Crippen LogP contribution >= 0.6 is 44.8 Å². The maximum absolute atomic E-state index is 12.4. The van der Waals surface area contributed by atoms with Gasteiger partial charge in [0, 0.05) is 17.2 Å². The topological polar surface area (TPSA) is 176 Å². The first-order valence-corrected chi connectivity index (χ1v) is 16.0. The predicted octanol–water partition coefficient (Wildman–Crippen LogP) is 3.12. The SMILES string of the molecule is O=C(Cc1ccccc1Nc1c(Cl)cccc1Cl)NC(=O)OCCSSCCOC(=O)NC1COC(CO)C(O)C1O. The largest absolute Gasteiger partial charge is 0.449 e. The van der Waals surface area contributed by atoms with Crippen LogP contribution in [0, 0.1) is 0 Å². The van der Waals surface area contributed by atoms with E-state index in [1.807, 2.05) is 0 Å². The summed E-state index contributed by atoms with van der Waals surface area (Å²) in [6, 6.07) is 11.3. The first kappa shape index (κ1) is 34.1. The lowest BCUT2D eigenvalue weighted by molar-refractivity contribution is -0.160. The van der Waals surface area contributed by atoms with Gasteiger partial charge < -0.3 is 40.2 Å². The summed E-state index contributed by atoms with van der Waals surface area (Å²) in [4.78, 5) is 36.3. The Balaban J connectivity index is 1.27. The molecule has 4 unspecified atom stereocenters. The zero-order chi connectivity index (χ0) is 30.5. The molecule has 230 valence electrons. The van der Waals surface area contributed by atoms with Gasteiger partial charge in [-0.3, -0.25) is 10.1 Å². The van der Waals surface area contributed by atoms with Crippen molar-refractivity contribution in [3.8, 4) is 0 Å². The van der Waals surface area contributed by atoms with Gasteiger partial charge in [-0.1, -0.05) is 69.1 Å². The Labute approximate surface area is 260 Å². The summed E-state index contributed by atoms with van der Waals surface area (Å²) in [6.45, 7) is -0.402. The van der Waals surface area contributed by atoms with Gasteiger partial charge in [-0.25, -0.2) is 9.59 Å². The number of aliphatic hydroxyl groups excluding tert-OH is 3. The number of alkyl carbamates (subject to hydrolysis) is 2. The molecule has 1 aliphatic heterocycles. The van der Waals surface area contributed by atoms with Crippen LogP contribution < -0.4 is 16.0 Å². The minimum atomic E-state index is -1.33. The lowest BCUT2D eigenvalue weighted by Gasteiger charge is -2.36. The summed E-state index contributed by atoms with van der Waals surface area (Å²) < 4.78 is 15.3. The van der Waals surface area contributed by atoms with Crippen LogP contribution in [0.3, 0.4) is 0 Å². The average molecular weight is 665 g/mol. The van der Waals surface area contributed by atoms with E-state index < -0.39 is 49.1 Å². The molecule has 1 heterocycles. The van der Waals surface area contributed by atoms with Gasteiger partial charge in [-0.05, 0) is 23.8 Å². The molecule has 0 bridgehead atoms. The molecular weight excluding hydrogens is 633 g/mol. The smallest absolute Gasteiger partial charge is 0.413 e. The number of imide groups is 1. The standard InChI is InChI=1S/C26H31Cl2N3O9S2/c27-16-5-3-6-17(28)22(16)29-18-7-2-1-4-15(18)12-21(33)31-26(37)39-9-11-42-41-10-8-38-25(36)30-19-14-40-20(13-32)24(35)23(19)34/h1-7,19-20,23-24,29,32,34-35H,8-14H2,(H,30,36)(H,31,33,37). The second-order valence-corrected chi connectivity index (χ2v) is 12.3. The molecule has 4 atom stereocenters. The van der Waals surface area contributed by atoms with Gasteiger partial charge in [0.1, 0.15) is 31.5 Å². The van der Waals surface area contributed by atoms with Crippen LogP contribution in [-0.2, 0) is 25.4 Å². The van der Waals surface area contributed by atoms with Crippen molar-refractivity contribution < 1.29 is 43.9 Å². The molecule has 6 N–H and O–H groups in total. The van der Waals surface area contributed by atoms with Crippen LogP contribution in [0.25, 0.3) is 0 Å². The Morgan fingerprint density at radius 2 is 1.57 bits per heavy atom. The lowest BCUT2D eigenvalue weighted by Crippen LogP contribution is -2.60. The highest BCUT2D eigenvalue weighted by molar-refractivity contribution is 8.76. The van der Waals surface area contributed by atoms with E-state index in [1.54, 1.807) is 42.5 Å². The zero-order valence-electron chi connectivity index (χ0n) is 22.2. The van der Waals surface area contributed by atoms with Gasteiger partial charge in [-0.2, -0.15) is 0 Å². The molecule has 1 aliphatic rings. The van der Waals surface area contributed by atoms with Crippen LogP contribution in [0.4, 0.5) is 21.0 Å². The minimum absolute atomic E-state index is 0.0536. The molecule has 0 aliphatic carbocycles. The van der Waals surface area contributed by atoms with Crippen LogP contribution in [0.1, 0.15) is 5.56 Å². The summed E-state index contributed by atoms with van der Waals surface area (Å²) in [6.07, 6.45) is -5.28. The summed E-state index contributed by atoms with van der Waals surface area (Å²) in [5.74, 6) is 0.320. The third-order valence-corrected chi connectivity index (χ3v) is 8.79. The van der Waals surface area contributed by atoms with Gasteiger partial charge >= 0.3 is 12.2 Å². The van der Waals surface area contributed by atoms with Crippen LogP contribution in [0.2, 0.25) is 10.0 Å². The number of carbonyl (C=O) groups is 3. The second kappa shape index (κ2) is 17.6. The molecule has 12 nitrogen and oxygen atoms in total. The minimum Gasteiger partial charge on any atom is -0.449 e. The van der Waals surface area contributed by atoms with E-state index in [2.05, 4.69) is 16.0 Å². The van der Waals surface area contributed by atoms with Crippen molar-refractivity contribution in [3.63, 3.8) is 0 Å². The molecule has 2 aromatic carbocycles. The molecule has 0 spiro atoms. The van der Waals surface area contributed by atoms with E-state index in [9.17, 15) is 24.6 Å². The highest BCUT2D eigenvalue weighted by Crippen LogP contribution is 2.33. The number of ether oxygens (including phenoxy) is 3. The van der Waals surface area contributed by atoms with Crippen molar-refractivity contribution in [3.05, 3.63) is 58.1 Å². The Bertz CT molecular complexity index is 1190. The number of hydrogen-bond acceptors (Lipinski definition) is 12. The molecule has 0 saturated carbocycles. The molecule has 0 aromatic heterocycles. The van der Waals surface area contributed by atoms with Crippen LogP contribution in [-0.4, -0.2) is 95.7 Å². The molecule has 1 fully saturated rings. The van der Waals surface area contributed by atoms with Crippen molar-refractivity contribution in [2.75, 3.05) is 43.3 Å². The van der Waals surface area contributed by atoms with Crippen LogP contribution in [0.5, 0.6) is 0 Å². The Morgan fingerprint density at radius 1 is 0.929 bits per heavy atom. The molecular formula is C26H31Cl2N3O9S2. The quantitative estimate of drug-likeness (QED) is 0.137. The summed E-state index contributed by atoms with van der Waals surface area (Å²) >= 11 is 12.5. The van der Waals surface area contributed by atoms with E-state index >= 15 is 0 Å². The number of amides is 3. The van der Waals surface area contributed by atoms with E-state index in [4.69, 9.17) is 42.5 Å². The van der Waals surface area contributed by atoms with E-state index in [-0.39, 0.29) is 26.2 Å². The van der Waals surface area contributed by atoms with Crippen LogP contribution in [0.15, 0.2) is 42.5 Å². The summed E-state index contributed by atoms with van der Waals surface area (Å²) in [5, 5.41) is 37.5. The molecule has 2 aromatic rings. The lowest BCUT2D eigenvalue weighted by atomic mass is 9.99. The van der Waals surface area contributed by atoms with E-state index in [0.717, 1.165) is 0 Å². The number of nitrogens with one attached hydrogen (secondary N) is 3. The molecule has 0 radical (unpaired) electrons. The van der Waals surface area contributed by atoms with Crippen molar-refractivity contribution >= 4 is 74.3 Å². The van der Waals surface area contributed by atoms with Crippen molar-refractivity contribution in [1.82, 2.24) is 10.6 Å². The average Bonchev–Trinajstić information content (AvgIpc) is 2.95. The van der Waals surface area contributed by atoms with Gasteiger partial charge in [0.2, 0.25) is 5.91 Å². The fourth-order valence-corrected chi connectivity index (χ4v) is 5.88. The number of anilines is 2. The third-order valence-electron chi connectivity index (χ3n) is 5.83. The number of benzene rings is 2. The third kappa shape index (κ3) is 10.7. The van der Waals surface area contributed by atoms with Crippen molar-refractivity contribution in [2.24, 2.45) is 0 Å². The monoisotopic (exact) mass is 663 g/mol. The first-order chi connectivity index (χ1) is 20.2.